The minimum Gasteiger partial charge on any atom is -0.339 e. The van der Waals surface area contributed by atoms with Crippen LogP contribution in [0.15, 0.2) is 59.1 Å². The number of benzene rings is 2. The Hall–Kier alpha value is -3.15. The van der Waals surface area contributed by atoms with Gasteiger partial charge < -0.3 is 15.2 Å². The maximum atomic E-state index is 12.1. The van der Waals surface area contributed by atoms with Crippen molar-refractivity contribution in [3.8, 4) is 11.4 Å². The van der Waals surface area contributed by atoms with Gasteiger partial charge in [-0.15, -0.1) is 0 Å². The van der Waals surface area contributed by atoms with Crippen molar-refractivity contribution in [2.24, 2.45) is 0 Å². The van der Waals surface area contributed by atoms with Gasteiger partial charge in [0.2, 0.25) is 11.7 Å². The molecular formula is C21H22N4O2. The summed E-state index contributed by atoms with van der Waals surface area (Å²) >= 11 is 0. The molecule has 1 aliphatic carbocycles. The highest BCUT2D eigenvalue weighted by atomic mass is 16.5. The first-order chi connectivity index (χ1) is 13.3. The minimum absolute atomic E-state index is 0.230. The molecule has 3 aromatic rings. The van der Waals surface area contributed by atoms with Crippen molar-refractivity contribution in [2.45, 2.75) is 31.6 Å². The Balaban J connectivity index is 1.33. The van der Waals surface area contributed by atoms with Gasteiger partial charge in [0.25, 0.3) is 0 Å². The first-order valence-corrected chi connectivity index (χ1v) is 9.31. The van der Waals surface area contributed by atoms with Crippen molar-refractivity contribution >= 4 is 11.7 Å². The largest absolute Gasteiger partial charge is 0.339 e. The van der Waals surface area contributed by atoms with Crippen molar-refractivity contribution in [2.75, 3.05) is 11.9 Å². The number of carbonyl (C=O) groups is 1. The van der Waals surface area contributed by atoms with Crippen molar-refractivity contribution in [3.63, 3.8) is 0 Å². The SMILES string of the molecule is O=C(NCCc1ccccc1)Nc1cccc(-c2noc(C3CCC3)n2)c1. The Morgan fingerprint density at radius 2 is 1.96 bits per heavy atom. The van der Waals surface area contributed by atoms with Gasteiger partial charge in [-0.3, -0.25) is 0 Å². The predicted octanol–water partition coefficient (Wildman–Crippen LogP) is 4.37. The molecule has 1 heterocycles. The van der Waals surface area contributed by atoms with E-state index in [0.717, 1.165) is 24.8 Å². The standard InChI is InChI=1S/C21H22N4O2/c26-21(22-13-12-15-6-2-1-3-7-15)23-18-11-5-10-17(14-18)19-24-20(27-25-19)16-8-4-9-16/h1-3,5-7,10-11,14,16H,4,8-9,12-13H2,(H2,22,23,26). The van der Waals surface area contributed by atoms with E-state index in [4.69, 9.17) is 4.52 Å². The molecule has 0 radical (unpaired) electrons. The quantitative estimate of drug-likeness (QED) is 0.682. The lowest BCUT2D eigenvalue weighted by Gasteiger charge is -2.20. The molecule has 4 rings (SSSR count). The van der Waals surface area contributed by atoms with Crippen LogP contribution in [0.4, 0.5) is 10.5 Å². The van der Waals surface area contributed by atoms with Gasteiger partial charge in [-0.1, -0.05) is 54.0 Å². The zero-order valence-electron chi connectivity index (χ0n) is 15.0. The Morgan fingerprint density at radius 3 is 2.74 bits per heavy atom. The molecular weight excluding hydrogens is 340 g/mol. The van der Waals surface area contributed by atoms with Crippen molar-refractivity contribution in [3.05, 3.63) is 66.1 Å². The first kappa shape index (κ1) is 17.3. The Kier molecular flexibility index (Phi) is 5.14. The van der Waals surface area contributed by atoms with E-state index in [2.05, 4.69) is 20.8 Å². The Bertz CT molecular complexity index is 903. The summed E-state index contributed by atoms with van der Waals surface area (Å²) < 4.78 is 5.38. The van der Waals surface area contributed by atoms with Crippen LogP contribution in [0.1, 0.15) is 36.6 Å². The molecule has 1 fully saturated rings. The summed E-state index contributed by atoms with van der Waals surface area (Å²) in [5, 5.41) is 9.81. The Labute approximate surface area is 158 Å². The molecule has 1 saturated carbocycles. The van der Waals surface area contributed by atoms with E-state index >= 15 is 0 Å². The zero-order chi connectivity index (χ0) is 18.5. The van der Waals surface area contributed by atoms with Crippen LogP contribution < -0.4 is 10.6 Å². The number of carbonyl (C=O) groups excluding carboxylic acids is 1. The molecule has 2 N–H and O–H groups in total. The van der Waals surface area contributed by atoms with E-state index in [1.54, 1.807) is 0 Å². The van der Waals surface area contributed by atoms with E-state index in [1.165, 1.54) is 12.0 Å². The predicted molar refractivity (Wildman–Crippen MR) is 103 cm³/mol. The molecule has 138 valence electrons. The first-order valence-electron chi connectivity index (χ1n) is 9.31. The molecule has 1 aromatic heterocycles. The molecule has 27 heavy (non-hydrogen) atoms. The lowest BCUT2D eigenvalue weighted by Crippen LogP contribution is -2.30. The van der Waals surface area contributed by atoms with E-state index < -0.39 is 0 Å². The van der Waals surface area contributed by atoms with Gasteiger partial charge >= 0.3 is 6.03 Å². The highest BCUT2D eigenvalue weighted by Gasteiger charge is 2.25. The van der Waals surface area contributed by atoms with Gasteiger partial charge in [-0.2, -0.15) is 4.98 Å². The fraction of sp³-hybridized carbons (Fsp3) is 0.286. The number of rotatable bonds is 6. The number of anilines is 1. The highest BCUT2D eigenvalue weighted by molar-refractivity contribution is 5.89. The molecule has 6 nitrogen and oxygen atoms in total. The topological polar surface area (TPSA) is 80.0 Å². The van der Waals surface area contributed by atoms with Crippen LogP contribution in [0.25, 0.3) is 11.4 Å². The lowest BCUT2D eigenvalue weighted by molar-refractivity contribution is 0.252. The molecule has 0 saturated heterocycles. The second-order valence-electron chi connectivity index (χ2n) is 6.78. The van der Waals surface area contributed by atoms with Crippen LogP contribution in [0.3, 0.4) is 0 Å². The summed E-state index contributed by atoms with van der Waals surface area (Å²) in [6.07, 6.45) is 4.25. The van der Waals surface area contributed by atoms with Crippen molar-refractivity contribution in [1.82, 2.24) is 15.5 Å². The smallest absolute Gasteiger partial charge is 0.319 e. The molecule has 0 atom stereocenters. The van der Waals surface area contributed by atoms with Crippen LogP contribution in [0, 0.1) is 0 Å². The fourth-order valence-corrected chi connectivity index (χ4v) is 3.05. The van der Waals surface area contributed by atoms with Gasteiger partial charge in [0.05, 0.1) is 0 Å². The summed E-state index contributed by atoms with van der Waals surface area (Å²) in [5.74, 6) is 1.68. The maximum Gasteiger partial charge on any atom is 0.319 e. The van der Waals surface area contributed by atoms with E-state index in [1.807, 2.05) is 54.6 Å². The maximum absolute atomic E-state index is 12.1. The third kappa shape index (κ3) is 4.34. The third-order valence-electron chi connectivity index (χ3n) is 4.82. The summed E-state index contributed by atoms with van der Waals surface area (Å²) in [4.78, 5) is 16.6. The minimum atomic E-state index is -0.230. The lowest BCUT2D eigenvalue weighted by atomic mass is 9.85. The van der Waals surface area contributed by atoms with Gasteiger partial charge in [0, 0.05) is 23.7 Å². The van der Waals surface area contributed by atoms with E-state index in [-0.39, 0.29) is 6.03 Å². The molecule has 0 spiro atoms. The second-order valence-corrected chi connectivity index (χ2v) is 6.78. The van der Waals surface area contributed by atoms with Gasteiger partial charge in [0.1, 0.15) is 0 Å². The number of hydrogen-bond acceptors (Lipinski definition) is 4. The summed E-state index contributed by atoms with van der Waals surface area (Å²) in [6, 6.07) is 17.3. The second kappa shape index (κ2) is 8.03. The van der Waals surface area contributed by atoms with Crippen LogP contribution in [-0.2, 0) is 6.42 Å². The molecule has 6 heteroatoms. The van der Waals surface area contributed by atoms with E-state index in [0.29, 0.717) is 29.9 Å². The average Bonchev–Trinajstić information content (AvgIpc) is 3.11. The Morgan fingerprint density at radius 1 is 1.11 bits per heavy atom. The van der Waals surface area contributed by atoms with Crippen LogP contribution in [-0.4, -0.2) is 22.7 Å². The van der Waals surface area contributed by atoms with Gasteiger partial charge in [-0.05, 0) is 37.0 Å². The molecule has 0 unspecified atom stereocenters. The molecule has 0 aliphatic heterocycles. The van der Waals surface area contributed by atoms with E-state index in [9.17, 15) is 4.79 Å². The number of nitrogens with zero attached hydrogens (tertiary/aromatic N) is 2. The van der Waals surface area contributed by atoms with Crippen LogP contribution in [0.5, 0.6) is 0 Å². The molecule has 1 aliphatic rings. The van der Waals surface area contributed by atoms with Crippen LogP contribution in [0.2, 0.25) is 0 Å². The summed E-state index contributed by atoms with van der Waals surface area (Å²) in [6.45, 7) is 0.575. The van der Waals surface area contributed by atoms with Gasteiger partial charge in [0.15, 0.2) is 0 Å². The molecule has 0 bridgehead atoms. The third-order valence-corrected chi connectivity index (χ3v) is 4.82. The zero-order valence-corrected chi connectivity index (χ0v) is 15.0. The monoisotopic (exact) mass is 362 g/mol. The van der Waals surface area contributed by atoms with Crippen molar-refractivity contribution in [1.29, 1.82) is 0 Å². The number of amides is 2. The number of aromatic nitrogens is 2. The van der Waals surface area contributed by atoms with Gasteiger partial charge in [-0.25, -0.2) is 4.79 Å². The molecule has 2 aromatic carbocycles. The normalized spacial score (nSPS) is 13.8. The molecule has 2 amide bonds. The van der Waals surface area contributed by atoms with Crippen molar-refractivity contribution < 1.29 is 9.32 Å². The number of nitrogens with one attached hydrogen (secondary N) is 2. The van der Waals surface area contributed by atoms with Crippen LogP contribution >= 0.6 is 0 Å². The number of urea groups is 1. The highest BCUT2D eigenvalue weighted by Crippen LogP contribution is 2.36. The fourth-order valence-electron chi connectivity index (χ4n) is 3.05. The average molecular weight is 362 g/mol. The summed E-state index contributed by atoms with van der Waals surface area (Å²) in [7, 11) is 0. The number of hydrogen-bond donors (Lipinski definition) is 2. The summed E-state index contributed by atoms with van der Waals surface area (Å²) in [5.41, 5.74) is 2.71.